The largest absolute Gasteiger partial charge is 0.360 e. The van der Waals surface area contributed by atoms with Gasteiger partial charge in [-0.2, -0.15) is 0 Å². The first-order chi connectivity index (χ1) is 25.3. The Hall–Kier alpha value is -6.10. The second-order valence-electron chi connectivity index (χ2n) is 13.5. The molecule has 0 bridgehead atoms. The second kappa shape index (κ2) is 10.9. The molecule has 4 heteroatoms. The molecule has 8 aromatic rings. The van der Waals surface area contributed by atoms with E-state index in [1.54, 1.807) is 0 Å². The number of nitrogens with zero attached hydrogens (tertiary/aromatic N) is 2. The van der Waals surface area contributed by atoms with Gasteiger partial charge in [-0.15, -0.1) is 0 Å². The lowest BCUT2D eigenvalue weighted by atomic mass is 9.62. The van der Waals surface area contributed by atoms with Gasteiger partial charge in [-0.25, -0.2) is 0 Å². The summed E-state index contributed by atoms with van der Waals surface area (Å²) in [6.07, 6.45) is 2.02. The lowest BCUT2D eigenvalue weighted by Crippen LogP contribution is -2.38. The first kappa shape index (κ1) is 28.7. The third-order valence-corrected chi connectivity index (χ3v) is 12.0. The van der Waals surface area contributed by atoms with Gasteiger partial charge < -0.3 is 9.88 Å². The maximum atomic E-state index is 5.22. The van der Waals surface area contributed by atoms with Crippen LogP contribution in [0.4, 0.5) is 0 Å². The molecular weight excluding hydrogens is 639 g/mol. The zero-order valence-corrected chi connectivity index (χ0v) is 28.4. The lowest BCUT2D eigenvalue weighted by molar-refractivity contribution is 0.662. The molecule has 11 rings (SSSR count). The average molecular weight is 670 g/mol. The molecule has 1 aromatic heterocycles. The predicted molar refractivity (Wildman–Crippen MR) is 210 cm³/mol. The minimum Gasteiger partial charge on any atom is -0.360 e. The van der Waals surface area contributed by atoms with Crippen molar-refractivity contribution in [2.45, 2.75) is 21.4 Å². The Labute approximate surface area is 300 Å². The lowest BCUT2D eigenvalue weighted by Gasteiger charge is -2.45. The Morgan fingerprint density at radius 1 is 0.549 bits per heavy atom. The molecule has 3 aliphatic heterocycles. The van der Waals surface area contributed by atoms with Crippen molar-refractivity contribution in [3.05, 3.63) is 215 Å². The fraction of sp³-hybridized carbons (Fsp3) is 0.0426. The quantitative estimate of drug-likeness (QED) is 0.203. The molecule has 4 heterocycles. The minimum atomic E-state index is -0.530. The van der Waals surface area contributed by atoms with E-state index in [2.05, 4.69) is 186 Å². The van der Waals surface area contributed by atoms with Gasteiger partial charge in [0, 0.05) is 26.3 Å². The molecule has 0 saturated heterocycles. The zero-order chi connectivity index (χ0) is 33.5. The summed E-state index contributed by atoms with van der Waals surface area (Å²) in [5.41, 5.74) is 13.9. The number of hydrogen-bond donors (Lipinski definition) is 1. The molecule has 3 aliphatic rings. The standard InChI is InChI=1S/C47H31N3S/c1-3-14-30(15-4-1)39-29-40(49-46(48-39)31-16-5-2-6-17-31)32-26-27-44-38(28-32)47(36-21-9-12-25-43(36)51-44)35-20-8-11-24-42(35)50-41-23-10-7-18-33(41)34-19-13-22-37(47)45(34)50/h1-29,46,49H. The van der Waals surface area contributed by atoms with Crippen molar-refractivity contribution in [1.29, 1.82) is 0 Å². The summed E-state index contributed by atoms with van der Waals surface area (Å²) < 4.78 is 2.51. The van der Waals surface area contributed by atoms with Gasteiger partial charge in [0.1, 0.15) is 6.17 Å². The van der Waals surface area contributed by atoms with Crippen LogP contribution in [0.1, 0.15) is 45.1 Å². The number of allylic oxidation sites excluding steroid dienone is 1. The van der Waals surface area contributed by atoms with Crippen molar-refractivity contribution in [2.75, 3.05) is 0 Å². The molecule has 2 atom stereocenters. The monoisotopic (exact) mass is 669 g/mol. The minimum absolute atomic E-state index is 0.207. The molecule has 240 valence electrons. The van der Waals surface area contributed by atoms with Crippen LogP contribution in [0.3, 0.4) is 0 Å². The fourth-order valence-corrected chi connectivity index (χ4v) is 9.92. The van der Waals surface area contributed by atoms with Gasteiger partial charge in [0.25, 0.3) is 0 Å². The van der Waals surface area contributed by atoms with Crippen molar-refractivity contribution < 1.29 is 0 Å². The Bertz CT molecular complexity index is 2760. The first-order valence-electron chi connectivity index (χ1n) is 17.5. The third-order valence-electron chi connectivity index (χ3n) is 10.9. The Kier molecular flexibility index (Phi) is 6.16. The summed E-state index contributed by atoms with van der Waals surface area (Å²) >= 11 is 1.88. The van der Waals surface area contributed by atoms with E-state index in [0.717, 1.165) is 28.1 Å². The number of benzene rings is 7. The van der Waals surface area contributed by atoms with E-state index in [1.807, 2.05) is 11.8 Å². The van der Waals surface area contributed by atoms with Crippen LogP contribution in [-0.2, 0) is 5.41 Å². The van der Waals surface area contributed by atoms with Crippen LogP contribution in [-0.4, -0.2) is 10.3 Å². The number of aromatic nitrogens is 1. The summed E-state index contributed by atoms with van der Waals surface area (Å²) in [6.45, 7) is 0. The van der Waals surface area contributed by atoms with E-state index in [-0.39, 0.29) is 6.17 Å². The Morgan fingerprint density at radius 2 is 1.24 bits per heavy atom. The van der Waals surface area contributed by atoms with Crippen LogP contribution in [0.5, 0.6) is 0 Å². The van der Waals surface area contributed by atoms with Crippen LogP contribution < -0.4 is 5.32 Å². The van der Waals surface area contributed by atoms with Crippen molar-refractivity contribution in [3.8, 4) is 5.69 Å². The summed E-state index contributed by atoms with van der Waals surface area (Å²) in [7, 11) is 0. The van der Waals surface area contributed by atoms with Crippen molar-refractivity contribution in [2.24, 2.45) is 4.99 Å². The summed E-state index contributed by atoms with van der Waals surface area (Å²) in [5, 5.41) is 6.41. The molecule has 7 aromatic carbocycles. The van der Waals surface area contributed by atoms with E-state index < -0.39 is 5.41 Å². The Balaban J connectivity index is 1.20. The molecule has 1 spiro atoms. The summed E-state index contributed by atoms with van der Waals surface area (Å²) in [6, 6.07) is 62.1. The highest BCUT2D eigenvalue weighted by atomic mass is 32.2. The van der Waals surface area contributed by atoms with Gasteiger partial charge in [-0.3, -0.25) is 4.99 Å². The van der Waals surface area contributed by atoms with Gasteiger partial charge in [0.2, 0.25) is 0 Å². The van der Waals surface area contributed by atoms with E-state index in [0.29, 0.717) is 0 Å². The molecule has 2 unspecified atom stereocenters. The second-order valence-corrected chi connectivity index (χ2v) is 14.6. The van der Waals surface area contributed by atoms with E-state index in [1.165, 1.54) is 59.5 Å². The molecular formula is C47H31N3S. The highest BCUT2D eigenvalue weighted by molar-refractivity contribution is 7.99. The van der Waals surface area contributed by atoms with E-state index >= 15 is 0 Å². The molecule has 1 N–H and O–H groups in total. The molecule has 3 nitrogen and oxygen atoms in total. The van der Waals surface area contributed by atoms with Gasteiger partial charge in [0.05, 0.1) is 27.8 Å². The first-order valence-corrected chi connectivity index (χ1v) is 18.3. The highest BCUT2D eigenvalue weighted by Crippen LogP contribution is 2.60. The van der Waals surface area contributed by atoms with Crippen molar-refractivity contribution >= 4 is 45.0 Å². The van der Waals surface area contributed by atoms with Crippen molar-refractivity contribution in [3.63, 3.8) is 0 Å². The number of hydrogen-bond acceptors (Lipinski definition) is 3. The van der Waals surface area contributed by atoms with Gasteiger partial charge in [-0.1, -0.05) is 151 Å². The van der Waals surface area contributed by atoms with E-state index in [9.17, 15) is 0 Å². The normalized spacial score (nSPS) is 18.4. The van der Waals surface area contributed by atoms with Gasteiger partial charge >= 0.3 is 0 Å². The molecule has 0 amide bonds. The van der Waals surface area contributed by atoms with Crippen molar-refractivity contribution in [1.82, 2.24) is 9.88 Å². The highest BCUT2D eigenvalue weighted by Gasteiger charge is 2.49. The third kappa shape index (κ3) is 4.05. The summed E-state index contributed by atoms with van der Waals surface area (Å²) in [4.78, 5) is 7.80. The molecule has 0 radical (unpaired) electrons. The molecule has 0 saturated carbocycles. The fourth-order valence-electron chi connectivity index (χ4n) is 8.75. The van der Waals surface area contributed by atoms with Crippen LogP contribution in [0.15, 0.2) is 191 Å². The Morgan fingerprint density at radius 3 is 2.12 bits per heavy atom. The van der Waals surface area contributed by atoms with Crippen LogP contribution in [0.25, 0.3) is 33.2 Å². The predicted octanol–water partition coefficient (Wildman–Crippen LogP) is 11.1. The number of fused-ring (bicyclic) bond motifs is 11. The zero-order valence-electron chi connectivity index (χ0n) is 27.6. The number of nitrogens with one attached hydrogen (secondary N) is 1. The molecule has 0 fully saturated rings. The maximum Gasteiger partial charge on any atom is 0.145 e. The van der Waals surface area contributed by atoms with Crippen LogP contribution >= 0.6 is 11.8 Å². The van der Waals surface area contributed by atoms with Gasteiger partial charge in [-0.05, 0) is 75.4 Å². The molecule has 51 heavy (non-hydrogen) atoms. The smallest absolute Gasteiger partial charge is 0.145 e. The topological polar surface area (TPSA) is 29.3 Å². The van der Waals surface area contributed by atoms with Crippen LogP contribution in [0, 0.1) is 0 Å². The number of rotatable bonds is 3. The number of para-hydroxylation sites is 3. The molecule has 0 aliphatic carbocycles. The van der Waals surface area contributed by atoms with Gasteiger partial charge in [0.15, 0.2) is 0 Å². The van der Waals surface area contributed by atoms with Crippen LogP contribution in [0.2, 0.25) is 0 Å². The maximum absolute atomic E-state index is 5.22. The SMILES string of the molecule is C1=C(c2ccc3c(c2)C2(c4ccccc4S3)c3ccccc3-n3c4ccccc4c4cccc2c43)NC(c2ccccc2)N=C1c1ccccc1. The van der Waals surface area contributed by atoms with E-state index in [4.69, 9.17) is 4.99 Å². The summed E-state index contributed by atoms with van der Waals surface area (Å²) in [5.74, 6) is 0. The number of aliphatic imine (C=N–C) groups is 1. The average Bonchev–Trinajstić information content (AvgIpc) is 3.55.